The van der Waals surface area contributed by atoms with E-state index in [4.69, 9.17) is 0 Å². The Labute approximate surface area is 180 Å². The third-order valence-corrected chi connectivity index (χ3v) is 6.47. The number of aromatic amines is 1. The Morgan fingerprint density at radius 1 is 1.26 bits per heavy atom. The number of rotatable bonds is 5. The molecule has 5 rings (SSSR count). The lowest BCUT2D eigenvalue weighted by Crippen LogP contribution is -2.35. The first-order chi connectivity index (χ1) is 15.1. The van der Waals surface area contributed by atoms with Crippen molar-refractivity contribution in [2.75, 3.05) is 6.54 Å². The molecule has 162 valence electrons. The largest absolute Gasteiger partial charge is 0.348 e. The molecule has 3 aromatic rings. The zero-order valence-corrected chi connectivity index (χ0v) is 17.7. The average molecular weight is 423 g/mol. The van der Waals surface area contributed by atoms with Gasteiger partial charge >= 0.3 is 0 Å². The lowest BCUT2D eigenvalue weighted by molar-refractivity contribution is 0.0929. The summed E-state index contributed by atoms with van der Waals surface area (Å²) in [5.74, 6) is -0.311. The second-order valence-electron chi connectivity index (χ2n) is 8.59. The predicted molar refractivity (Wildman–Crippen MR) is 115 cm³/mol. The van der Waals surface area contributed by atoms with Crippen molar-refractivity contribution in [3.8, 4) is 11.3 Å². The number of aryl methyl sites for hydroxylation is 1. The number of H-pyrrole nitrogens is 1. The van der Waals surface area contributed by atoms with E-state index in [1.165, 1.54) is 25.0 Å². The van der Waals surface area contributed by atoms with E-state index >= 15 is 0 Å². The van der Waals surface area contributed by atoms with Crippen LogP contribution in [0.1, 0.15) is 53.0 Å². The molecule has 0 saturated heterocycles. The molecule has 2 aliphatic rings. The van der Waals surface area contributed by atoms with E-state index in [-0.39, 0.29) is 17.8 Å². The van der Waals surface area contributed by atoms with Crippen molar-refractivity contribution < 1.29 is 9.18 Å². The first-order valence-corrected chi connectivity index (χ1v) is 10.9. The molecule has 3 heterocycles. The molecule has 0 radical (unpaired) electrons. The highest BCUT2D eigenvalue weighted by atomic mass is 19.1. The van der Waals surface area contributed by atoms with E-state index in [2.05, 4.69) is 25.5 Å². The number of hydrogen-bond donors (Lipinski definition) is 2. The van der Waals surface area contributed by atoms with Gasteiger partial charge in [-0.3, -0.25) is 19.5 Å². The van der Waals surface area contributed by atoms with Crippen molar-refractivity contribution >= 4 is 5.91 Å². The lowest BCUT2D eigenvalue weighted by Gasteiger charge is -2.27. The predicted octanol–water partition coefficient (Wildman–Crippen LogP) is 3.18. The number of carbonyl (C=O) groups is 1. The van der Waals surface area contributed by atoms with Gasteiger partial charge in [0.05, 0.1) is 11.9 Å². The van der Waals surface area contributed by atoms with E-state index in [1.54, 1.807) is 12.1 Å². The van der Waals surface area contributed by atoms with Crippen LogP contribution in [-0.4, -0.2) is 43.4 Å². The number of nitrogens with zero attached hydrogens (tertiary/aromatic N) is 4. The third kappa shape index (κ3) is 3.99. The summed E-state index contributed by atoms with van der Waals surface area (Å²) in [6, 6.07) is 6.70. The highest BCUT2D eigenvalue weighted by Gasteiger charge is 2.29. The maximum Gasteiger partial charge on any atom is 0.272 e. The second-order valence-corrected chi connectivity index (χ2v) is 8.59. The van der Waals surface area contributed by atoms with Crippen molar-refractivity contribution in [3.63, 3.8) is 0 Å². The molecule has 0 atom stereocenters. The van der Waals surface area contributed by atoms with Gasteiger partial charge in [0.2, 0.25) is 0 Å². The monoisotopic (exact) mass is 422 g/mol. The summed E-state index contributed by atoms with van der Waals surface area (Å²) in [6.07, 6.45) is 7.14. The Bertz CT molecular complexity index is 1080. The zero-order chi connectivity index (χ0) is 21.4. The zero-order valence-electron chi connectivity index (χ0n) is 17.7. The van der Waals surface area contributed by atoms with Crippen LogP contribution in [0.4, 0.5) is 4.39 Å². The SMILES string of the molecule is Cn1nc(C(=O)NC2CCCC2)c2c1CCN(Cc1cn[nH]c1-c1ccc(F)cc1)C2. The van der Waals surface area contributed by atoms with Crippen molar-refractivity contribution in [1.29, 1.82) is 0 Å². The molecule has 1 amide bonds. The molecule has 0 bridgehead atoms. The summed E-state index contributed by atoms with van der Waals surface area (Å²) in [5.41, 5.74) is 5.58. The summed E-state index contributed by atoms with van der Waals surface area (Å²) in [4.78, 5) is 15.2. The van der Waals surface area contributed by atoms with Gasteiger partial charge in [0, 0.05) is 61.5 Å². The van der Waals surface area contributed by atoms with Crippen LogP contribution in [0.25, 0.3) is 11.3 Å². The molecule has 1 fully saturated rings. The Hall–Kier alpha value is -3.00. The van der Waals surface area contributed by atoms with Crippen molar-refractivity contribution in [2.45, 2.75) is 51.2 Å². The quantitative estimate of drug-likeness (QED) is 0.662. The number of halogens is 1. The Kier molecular flexibility index (Phi) is 5.31. The lowest BCUT2D eigenvalue weighted by atomic mass is 10.0. The molecule has 1 saturated carbocycles. The maximum absolute atomic E-state index is 13.3. The van der Waals surface area contributed by atoms with Gasteiger partial charge in [0.25, 0.3) is 5.91 Å². The topological polar surface area (TPSA) is 78.8 Å². The molecule has 1 aliphatic carbocycles. The van der Waals surface area contributed by atoms with Crippen LogP contribution in [0, 0.1) is 5.82 Å². The number of aromatic nitrogens is 4. The fourth-order valence-corrected chi connectivity index (χ4v) is 4.83. The number of benzene rings is 1. The van der Waals surface area contributed by atoms with E-state index in [9.17, 15) is 9.18 Å². The molecule has 7 nitrogen and oxygen atoms in total. The summed E-state index contributed by atoms with van der Waals surface area (Å²) >= 11 is 0. The standard InChI is InChI=1S/C23H27FN6O/c1-29-20-10-11-30(13-16-12-25-27-21(16)15-6-8-17(24)9-7-15)14-19(20)22(28-29)23(31)26-18-4-2-3-5-18/h6-9,12,18H,2-5,10-11,13-14H2,1H3,(H,25,27)(H,26,31). The maximum atomic E-state index is 13.3. The van der Waals surface area contributed by atoms with E-state index < -0.39 is 0 Å². The van der Waals surface area contributed by atoms with Crippen LogP contribution in [-0.2, 0) is 26.6 Å². The normalized spacial score (nSPS) is 17.1. The van der Waals surface area contributed by atoms with Gasteiger partial charge in [0.15, 0.2) is 5.69 Å². The first kappa shape index (κ1) is 19.9. The Morgan fingerprint density at radius 2 is 2.03 bits per heavy atom. The Morgan fingerprint density at radius 3 is 2.81 bits per heavy atom. The summed E-state index contributed by atoms with van der Waals surface area (Å²) in [5, 5.41) is 15.0. The smallest absolute Gasteiger partial charge is 0.272 e. The molecule has 2 aromatic heterocycles. The van der Waals surface area contributed by atoms with Crippen LogP contribution < -0.4 is 5.32 Å². The molecular formula is C23H27FN6O. The van der Waals surface area contributed by atoms with Crippen molar-refractivity contribution in [2.24, 2.45) is 7.05 Å². The number of hydrogen-bond acceptors (Lipinski definition) is 4. The Balaban J connectivity index is 1.34. The minimum atomic E-state index is -0.256. The van der Waals surface area contributed by atoms with Gasteiger partial charge in [-0.2, -0.15) is 10.2 Å². The number of carbonyl (C=O) groups excluding carboxylic acids is 1. The van der Waals surface area contributed by atoms with E-state index in [0.717, 1.165) is 53.9 Å². The number of fused-ring (bicyclic) bond motifs is 1. The minimum absolute atomic E-state index is 0.0547. The van der Waals surface area contributed by atoms with Crippen molar-refractivity contribution in [1.82, 2.24) is 30.2 Å². The van der Waals surface area contributed by atoms with Gasteiger partial charge < -0.3 is 5.32 Å². The van der Waals surface area contributed by atoms with Crippen LogP contribution >= 0.6 is 0 Å². The van der Waals surface area contributed by atoms with Gasteiger partial charge in [0.1, 0.15) is 5.82 Å². The summed E-state index contributed by atoms with van der Waals surface area (Å²) in [7, 11) is 1.92. The molecule has 0 unspecified atom stereocenters. The molecular weight excluding hydrogens is 395 g/mol. The first-order valence-electron chi connectivity index (χ1n) is 10.9. The van der Waals surface area contributed by atoms with Gasteiger partial charge in [-0.05, 0) is 37.1 Å². The molecule has 1 aromatic carbocycles. The summed E-state index contributed by atoms with van der Waals surface area (Å²) < 4.78 is 15.2. The third-order valence-electron chi connectivity index (χ3n) is 6.47. The van der Waals surface area contributed by atoms with Gasteiger partial charge in [-0.25, -0.2) is 4.39 Å². The average Bonchev–Trinajstić information content (AvgIpc) is 3.50. The highest BCUT2D eigenvalue weighted by Crippen LogP contribution is 2.27. The minimum Gasteiger partial charge on any atom is -0.348 e. The molecule has 31 heavy (non-hydrogen) atoms. The fourth-order valence-electron chi connectivity index (χ4n) is 4.83. The molecule has 0 spiro atoms. The van der Waals surface area contributed by atoms with E-state index in [0.29, 0.717) is 18.8 Å². The second kappa shape index (κ2) is 8.26. The van der Waals surface area contributed by atoms with Crippen molar-refractivity contribution in [3.05, 3.63) is 58.8 Å². The van der Waals surface area contributed by atoms with Crippen LogP contribution in [0.3, 0.4) is 0 Å². The van der Waals surface area contributed by atoms with Crippen LogP contribution in [0.5, 0.6) is 0 Å². The number of amides is 1. The molecule has 8 heteroatoms. The van der Waals surface area contributed by atoms with Gasteiger partial charge in [-0.15, -0.1) is 0 Å². The van der Waals surface area contributed by atoms with E-state index in [1.807, 2.05) is 17.9 Å². The molecule has 1 aliphatic heterocycles. The fraction of sp³-hybridized carbons (Fsp3) is 0.435. The summed E-state index contributed by atoms with van der Waals surface area (Å²) in [6.45, 7) is 2.25. The van der Waals surface area contributed by atoms with Crippen LogP contribution in [0.2, 0.25) is 0 Å². The number of nitrogens with one attached hydrogen (secondary N) is 2. The highest BCUT2D eigenvalue weighted by molar-refractivity contribution is 5.94. The van der Waals surface area contributed by atoms with Crippen LogP contribution in [0.15, 0.2) is 30.5 Å². The molecule has 2 N–H and O–H groups in total. The van der Waals surface area contributed by atoms with Gasteiger partial charge in [-0.1, -0.05) is 12.8 Å².